The smallest absolute Gasteiger partial charge is 0.328 e. The van der Waals surface area contributed by atoms with Gasteiger partial charge < -0.3 is 10.2 Å². The monoisotopic (exact) mass is 372 g/mol. The minimum absolute atomic E-state index is 0. The van der Waals surface area contributed by atoms with Crippen LogP contribution in [0.4, 0.5) is 0 Å². The molecule has 2 N–H and O–H groups in total. The molecular formula is C4H5IO4Zn2. The van der Waals surface area contributed by atoms with Gasteiger partial charge in [0, 0.05) is 51.1 Å². The zero-order valence-electron chi connectivity index (χ0n) is 5.69. The molecule has 4 nitrogen and oxygen atoms in total. The van der Waals surface area contributed by atoms with E-state index < -0.39 is 11.9 Å². The van der Waals surface area contributed by atoms with E-state index in [4.69, 9.17) is 10.2 Å². The van der Waals surface area contributed by atoms with Gasteiger partial charge in [0.2, 0.25) is 0 Å². The van der Waals surface area contributed by atoms with Crippen LogP contribution in [0.25, 0.3) is 0 Å². The normalized spacial score (nSPS) is 6.91. The molecule has 0 saturated carbocycles. The number of carboxylic acid groups (broad SMARTS) is 2. The zero-order valence-corrected chi connectivity index (χ0v) is 14.0. The molecule has 0 heterocycles. The molecule has 0 aliphatic carbocycles. The number of rotatable bonds is 2. The van der Waals surface area contributed by atoms with Gasteiger partial charge in [0.05, 0.1) is 0 Å². The standard InChI is InChI=1S/C4H4O4.HI.2Zn/c5-3(6)1-2-4(7)8;;;/h1-2H,(H,5,6)(H,7,8);1H;;/b2-1+;;;. The minimum Gasteiger partial charge on any atom is -0.478 e. The molecule has 11 heavy (non-hydrogen) atoms. The van der Waals surface area contributed by atoms with Crippen molar-refractivity contribution in [2.45, 2.75) is 0 Å². The Morgan fingerprint density at radius 3 is 1.18 bits per heavy atom. The van der Waals surface area contributed by atoms with Crippen LogP contribution in [0.5, 0.6) is 0 Å². The Kier molecular flexibility index (Phi) is 27.2. The maximum Gasteiger partial charge on any atom is 0.328 e. The number of hydrogen-bond donors (Lipinski definition) is 2. The van der Waals surface area contributed by atoms with Crippen LogP contribution < -0.4 is 0 Å². The topological polar surface area (TPSA) is 74.6 Å². The predicted octanol–water partition coefficient (Wildman–Crippen LogP) is 0.325. The third-order valence-electron chi connectivity index (χ3n) is 0.368. The molecule has 0 radical (unpaired) electrons. The maximum atomic E-state index is 9.55. The second-order valence-electron chi connectivity index (χ2n) is 1.01. The van der Waals surface area contributed by atoms with Gasteiger partial charge in [-0.15, -0.1) is 24.0 Å². The summed E-state index contributed by atoms with van der Waals surface area (Å²) in [5, 5.41) is 15.6. The van der Waals surface area contributed by atoms with Crippen LogP contribution in [-0.2, 0) is 48.5 Å². The Morgan fingerprint density at radius 1 is 0.909 bits per heavy atom. The minimum atomic E-state index is -1.26. The van der Waals surface area contributed by atoms with Crippen molar-refractivity contribution in [3.05, 3.63) is 12.2 Å². The van der Waals surface area contributed by atoms with Gasteiger partial charge in [0.1, 0.15) is 0 Å². The third kappa shape index (κ3) is 25.0. The van der Waals surface area contributed by atoms with Gasteiger partial charge in [-0.1, -0.05) is 0 Å². The summed E-state index contributed by atoms with van der Waals surface area (Å²) >= 11 is 0. The molecule has 0 amide bonds. The van der Waals surface area contributed by atoms with Crippen molar-refractivity contribution in [2.75, 3.05) is 0 Å². The van der Waals surface area contributed by atoms with Crippen molar-refractivity contribution in [2.24, 2.45) is 0 Å². The second kappa shape index (κ2) is 13.3. The molecule has 0 aromatic heterocycles. The summed E-state index contributed by atoms with van der Waals surface area (Å²) in [5.41, 5.74) is 0. The number of hydrogen-bond acceptors (Lipinski definition) is 2. The molecular weight excluding hydrogens is 370 g/mol. The van der Waals surface area contributed by atoms with E-state index in [1.807, 2.05) is 0 Å². The van der Waals surface area contributed by atoms with Gasteiger partial charge in [-0.25, -0.2) is 9.59 Å². The van der Waals surface area contributed by atoms with Gasteiger partial charge >= 0.3 is 11.9 Å². The summed E-state index contributed by atoms with van der Waals surface area (Å²) in [6.45, 7) is 0. The largest absolute Gasteiger partial charge is 0.478 e. The first-order valence-corrected chi connectivity index (χ1v) is 1.77. The van der Waals surface area contributed by atoms with Crippen LogP contribution in [0, 0.1) is 0 Å². The van der Waals surface area contributed by atoms with Gasteiger partial charge in [0.15, 0.2) is 0 Å². The van der Waals surface area contributed by atoms with Crippen LogP contribution >= 0.6 is 24.0 Å². The molecule has 0 bridgehead atoms. The van der Waals surface area contributed by atoms with Crippen LogP contribution in [0.15, 0.2) is 12.2 Å². The summed E-state index contributed by atoms with van der Waals surface area (Å²) < 4.78 is 0. The Bertz CT molecular complexity index is 131. The van der Waals surface area contributed by atoms with E-state index in [0.29, 0.717) is 12.2 Å². The molecule has 0 spiro atoms. The first kappa shape index (κ1) is 22.6. The van der Waals surface area contributed by atoms with Crippen LogP contribution in [0.1, 0.15) is 0 Å². The predicted molar refractivity (Wildman–Crippen MR) is 39.8 cm³/mol. The van der Waals surface area contributed by atoms with E-state index in [2.05, 4.69) is 0 Å². The Hall–Kier alpha value is 0.657. The molecule has 0 rings (SSSR count). The summed E-state index contributed by atoms with van der Waals surface area (Å²) in [4.78, 5) is 19.1. The first-order chi connectivity index (χ1) is 3.63. The molecule has 0 aromatic carbocycles. The average Bonchev–Trinajstić information content (AvgIpc) is 1.61. The molecule has 56 valence electrons. The molecule has 0 aliphatic heterocycles. The van der Waals surface area contributed by atoms with Crippen molar-refractivity contribution >= 4 is 35.9 Å². The maximum absolute atomic E-state index is 9.55. The number of halogens is 1. The molecule has 0 unspecified atom stereocenters. The van der Waals surface area contributed by atoms with Gasteiger partial charge in [-0.2, -0.15) is 0 Å². The molecule has 0 aromatic rings. The van der Waals surface area contributed by atoms with E-state index in [1.165, 1.54) is 0 Å². The van der Waals surface area contributed by atoms with Gasteiger partial charge in [-0.3, -0.25) is 0 Å². The quantitative estimate of drug-likeness (QED) is 0.415. The van der Waals surface area contributed by atoms with Gasteiger partial charge in [0.25, 0.3) is 0 Å². The van der Waals surface area contributed by atoms with Crippen LogP contribution in [0.3, 0.4) is 0 Å². The molecule has 0 fully saturated rings. The van der Waals surface area contributed by atoms with Crippen molar-refractivity contribution in [1.82, 2.24) is 0 Å². The summed E-state index contributed by atoms with van der Waals surface area (Å²) in [6.07, 6.45) is 1.12. The summed E-state index contributed by atoms with van der Waals surface area (Å²) in [7, 11) is 0. The van der Waals surface area contributed by atoms with Crippen molar-refractivity contribution < 1.29 is 58.8 Å². The first-order valence-electron chi connectivity index (χ1n) is 1.77. The van der Waals surface area contributed by atoms with Crippen molar-refractivity contribution in [3.8, 4) is 0 Å². The van der Waals surface area contributed by atoms with E-state index >= 15 is 0 Å². The summed E-state index contributed by atoms with van der Waals surface area (Å²) in [5.74, 6) is -2.51. The van der Waals surface area contributed by atoms with Crippen molar-refractivity contribution in [3.63, 3.8) is 0 Å². The Morgan fingerprint density at radius 2 is 1.09 bits per heavy atom. The van der Waals surface area contributed by atoms with E-state index in [9.17, 15) is 9.59 Å². The Balaban J connectivity index is -0.0000000817. The van der Waals surface area contributed by atoms with E-state index in [-0.39, 0.29) is 62.9 Å². The number of carboxylic acids is 2. The Labute approximate surface area is 106 Å². The fourth-order valence-electron chi connectivity index (χ4n) is 0.143. The molecule has 7 heteroatoms. The van der Waals surface area contributed by atoms with E-state index in [0.717, 1.165) is 0 Å². The molecule has 0 saturated heterocycles. The molecule has 0 atom stereocenters. The van der Waals surface area contributed by atoms with Crippen LogP contribution in [-0.4, -0.2) is 22.2 Å². The fourth-order valence-corrected chi connectivity index (χ4v) is 0.143. The van der Waals surface area contributed by atoms with Gasteiger partial charge in [-0.05, 0) is 0 Å². The van der Waals surface area contributed by atoms with E-state index in [1.54, 1.807) is 0 Å². The SMILES string of the molecule is I.O=C(O)/C=C/C(=O)O.[Zn].[Zn]. The van der Waals surface area contributed by atoms with Crippen molar-refractivity contribution in [1.29, 1.82) is 0 Å². The third-order valence-corrected chi connectivity index (χ3v) is 0.368. The number of carbonyl (C=O) groups is 2. The van der Waals surface area contributed by atoms with Crippen LogP contribution in [0.2, 0.25) is 0 Å². The molecule has 0 aliphatic rings. The summed E-state index contributed by atoms with van der Waals surface area (Å²) in [6, 6.07) is 0. The zero-order chi connectivity index (χ0) is 6.57. The average molecular weight is 375 g/mol. The second-order valence-corrected chi connectivity index (χ2v) is 1.01. The number of aliphatic carboxylic acids is 2. The fraction of sp³-hybridized carbons (Fsp3) is 0.